The van der Waals surface area contributed by atoms with Gasteiger partial charge in [-0.05, 0) is 37.6 Å². The van der Waals surface area contributed by atoms with Crippen molar-refractivity contribution >= 4 is 17.3 Å². The minimum absolute atomic E-state index is 0.615. The van der Waals surface area contributed by atoms with E-state index in [1.807, 2.05) is 38.4 Å². The van der Waals surface area contributed by atoms with E-state index in [4.69, 9.17) is 4.99 Å². The molecule has 0 saturated heterocycles. The third-order valence-corrected chi connectivity index (χ3v) is 4.88. The van der Waals surface area contributed by atoms with Gasteiger partial charge in [-0.1, -0.05) is 24.3 Å². The van der Waals surface area contributed by atoms with Crippen LogP contribution in [0.1, 0.15) is 23.2 Å². The molecule has 6 heteroatoms. The van der Waals surface area contributed by atoms with Crippen LogP contribution in [0.3, 0.4) is 0 Å². The molecule has 0 saturated carbocycles. The van der Waals surface area contributed by atoms with Crippen molar-refractivity contribution in [3.8, 4) is 11.3 Å². The molecule has 0 bridgehead atoms. The zero-order valence-corrected chi connectivity index (χ0v) is 16.8. The number of rotatable bonds is 6. The minimum atomic E-state index is 0.615. The van der Waals surface area contributed by atoms with Crippen LogP contribution in [-0.4, -0.2) is 34.4 Å². The lowest BCUT2D eigenvalue weighted by Crippen LogP contribution is -2.38. The molecule has 0 aliphatic heterocycles. The van der Waals surface area contributed by atoms with Crippen LogP contribution in [-0.2, 0) is 13.1 Å². The van der Waals surface area contributed by atoms with E-state index in [1.54, 1.807) is 11.3 Å². The first-order valence-electron chi connectivity index (χ1n) is 9.06. The smallest absolute Gasteiger partial charge is 0.194 e. The Morgan fingerprint density at radius 3 is 2.81 bits per heavy atom. The molecule has 0 aliphatic rings. The SMILES string of the molecule is CCNC(=NCc1cccc(-c2ccccn2)c1)N(C)Cc1csc(C)n1. The van der Waals surface area contributed by atoms with Crippen molar-refractivity contribution in [2.75, 3.05) is 13.6 Å². The Kier molecular flexibility index (Phi) is 6.54. The van der Waals surface area contributed by atoms with Crippen LogP contribution in [0.25, 0.3) is 11.3 Å². The molecule has 3 aromatic rings. The molecular formula is C21H25N5S. The number of nitrogens with one attached hydrogen (secondary N) is 1. The van der Waals surface area contributed by atoms with Crippen molar-refractivity contribution in [3.05, 3.63) is 70.3 Å². The van der Waals surface area contributed by atoms with Crippen molar-refractivity contribution < 1.29 is 0 Å². The van der Waals surface area contributed by atoms with Crippen LogP contribution >= 0.6 is 11.3 Å². The van der Waals surface area contributed by atoms with Gasteiger partial charge < -0.3 is 10.2 Å². The Balaban J connectivity index is 1.73. The number of benzene rings is 1. The van der Waals surface area contributed by atoms with E-state index in [-0.39, 0.29) is 0 Å². The second-order valence-electron chi connectivity index (χ2n) is 6.30. The van der Waals surface area contributed by atoms with Crippen molar-refractivity contribution in [2.45, 2.75) is 26.9 Å². The monoisotopic (exact) mass is 379 g/mol. The zero-order chi connectivity index (χ0) is 19.1. The van der Waals surface area contributed by atoms with E-state index in [0.717, 1.165) is 46.6 Å². The van der Waals surface area contributed by atoms with E-state index in [2.05, 4.69) is 56.8 Å². The summed E-state index contributed by atoms with van der Waals surface area (Å²) in [6.07, 6.45) is 1.82. The molecule has 3 rings (SSSR count). The maximum absolute atomic E-state index is 4.81. The van der Waals surface area contributed by atoms with Gasteiger partial charge in [-0.15, -0.1) is 11.3 Å². The van der Waals surface area contributed by atoms with E-state index in [9.17, 15) is 0 Å². The maximum atomic E-state index is 4.81. The predicted octanol–water partition coefficient (Wildman–Crippen LogP) is 4.11. The van der Waals surface area contributed by atoms with Gasteiger partial charge in [0, 0.05) is 30.7 Å². The topological polar surface area (TPSA) is 53.4 Å². The molecular weight excluding hydrogens is 354 g/mol. The molecule has 0 fully saturated rings. The van der Waals surface area contributed by atoms with E-state index < -0.39 is 0 Å². The largest absolute Gasteiger partial charge is 0.357 e. The number of guanidine groups is 1. The molecule has 5 nitrogen and oxygen atoms in total. The number of hydrogen-bond donors (Lipinski definition) is 1. The van der Waals surface area contributed by atoms with Crippen molar-refractivity contribution in [3.63, 3.8) is 0 Å². The second-order valence-corrected chi connectivity index (χ2v) is 7.36. The molecule has 1 N–H and O–H groups in total. The number of aryl methyl sites for hydroxylation is 1. The third-order valence-electron chi connectivity index (χ3n) is 4.06. The Labute approximate surface area is 164 Å². The van der Waals surface area contributed by atoms with Crippen LogP contribution in [0.5, 0.6) is 0 Å². The normalized spacial score (nSPS) is 11.4. The molecule has 2 aromatic heterocycles. The minimum Gasteiger partial charge on any atom is -0.357 e. The molecule has 0 amide bonds. The zero-order valence-electron chi connectivity index (χ0n) is 16.0. The van der Waals surface area contributed by atoms with E-state index in [0.29, 0.717) is 6.54 Å². The summed E-state index contributed by atoms with van der Waals surface area (Å²) in [5.41, 5.74) is 4.32. The van der Waals surface area contributed by atoms with Gasteiger partial charge in [-0.25, -0.2) is 9.98 Å². The highest BCUT2D eigenvalue weighted by Crippen LogP contribution is 2.18. The number of pyridine rings is 1. The fraction of sp³-hybridized carbons (Fsp3) is 0.286. The summed E-state index contributed by atoms with van der Waals surface area (Å²) in [4.78, 5) is 15.9. The molecule has 0 radical (unpaired) electrons. The lowest BCUT2D eigenvalue weighted by Gasteiger charge is -2.21. The fourth-order valence-corrected chi connectivity index (χ4v) is 3.40. The average Bonchev–Trinajstić information content (AvgIpc) is 3.10. The lowest BCUT2D eigenvalue weighted by atomic mass is 10.1. The Morgan fingerprint density at radius 1 is 1.22 bits per heavy atom. The van der Waals surface area contributed by atoms with Gasteiger partial charge in [0.05, 0.1) is 29.5 Å². The lowest BCUT2D eigenvalue weighted by molar-refractivity contribution is 0.471. The number of aromatic nitrogens is 2. The van der Waals surface area contributed by atoms with Crippen LogP contribution < -0.4 is 5.32 Å². The summed E-state index contributed by atoms with van der Waals surface area (Å²) in [5, 5.41) is 6.56. The quantitative estimate of drug-likeness (QED) is 0.517. The Bertz CT molecular complexity index is 888. The highest BCUT2D eigenvalue weighted by Gasteiger charge is 2.09. The van der Waals surface area contributed by atoms with Crippen LogP contribution in [0.4, 0.5) is 0 Å². The first-order chi connectivity index (χ1) is 13.2. The average molecular weight is 380 g/mol. The maximum Gasteiger partial charge on any atom is 0.194 e. The number of nitrogens with zero attached hydrogens (tertiary/aromatic N) is 4. The number of thiazole rings is 1. The number of aliphatic imine (C=N–C) groups is 1. The molecule has 0 aliphatic carbocycles. The summed E-state index contributed by atoms with van der Waals surface area (Å²) in [5.74, 6) is 0.881. The fourth-order valence-electron chi connectivity index (χ4n) is 2.80. The molecule has 0 spiro atoms. The number of hydrogen-bond acceptors (Lipinski definition) is 4. The first kappa shape index (κ1) is 19.0. The van der Waals surface area contributed by atoms with Crippen molar-refractivity contribution in [1.82, 2.24) is 20.2 Å². The molecule has 0 unspecified atom stereocenters. The summed E-state index contributed by atoms with van der Waals surface area (Å²) in [6.45, 7) is 6.29. The van der Waals surface area contributed by atoms with Crippen LogP contribution in [0.15, 0.2) is 59.0 Å². The van der Waals surface area contributed by atoms with Gasteiger partial charge in [0.2, 0.25) is 0 Å². The second kappa shape index (κ2) is 9.28. The standard InChI is InChI=1S/C21H25N5S/c1-4-22-21(26(3)14-19-15-27-16(2)25-19)24-13-17-8-7-9-18(12-17)20-10-5-6-11-23-20/h5-12,15H,4,13-14H2,1-3H3,(H,22,24). The van der Waals surface area contributed by atoms with Gasteiger partial charge in [0.1, 0.15) is 0 Å². The molecule has 2 heterocycles. The Hall–Kier alpha value is -2.73. The van der Waals surface area contributed by atoms with Crippen molar-refractivity contribution in [1.29, 1.82) is 0 Å². The van der Waals surface area contributed by atoms with Gasteiger partial charge in [0.25, 0.3) is 0 Å². The van der Waals surface area contributed by atoms with Crippen LogP contribution in [0.2, 0.25) is 0 Å². The summed E-state index contributed by atoms with van der Waals surface area (Å²) >= 11 is 1.68. The predicted molar refractivity (Wildman–Crippen MR) is 113 cm³/mol. The molecule has 1 aromatic carbocycles. The van der Waals surface area contributed by atoms with E-state index >= 15 is 0 Å². The molecule has 140 valence electrons. The van der Waals surface area contributed by atoms with Gasteiger partial charge in [-0.2, -0.15) is 0 Å². The summed E-state index contributed by atoms with van der Waals surface area (Å²) < 4.78 is 0. The van der Waals surface area contributed by atoms with Crippen LogP contribution in [0, 0.1) is 6.92 Å². The summed E-state index contributed by atoms with van der Waals surface area (Å²) in [7, 11) is 2.04. The van der Waals surface area contributed by atoms with Crippen molar-refractivity contribution in [2.24, 2.45) is 4.99 Å². The molecule has 27 heavy (non-hydrogen) atoms. The first-order valence-corrected chi connectivity index (χ1v) is 9.94. The van der Waals surface area contributed by atoms with Gasteiger partial charge >= 0.3 is 0 Å². The van der Waals surface area contributed by atoms with E-state index in [1.165, 1.54) is 0 Å². The van der Waals surface area contributed by atoms with Gasteiger partial charge in [0.15, 0.2) is 5.96 Å². The summed E-state index contributed by atoms with van der Waals surface area (Å²) in [6, 6.07) is 14.4. The highest BCUT2D eigenvalue weighted by molar-refractivity contribution is 7.09. The Morgan fingerprint density at radius 2 is 2.11 bits per heavy atom. The third kappa shape index (κ3) is 5.37. The highest BCUT2D eigenvalue weighted by atomic mass is 32.1. The molecule has 0 atom stereocenters. The van der Waals surface area contributed by atoms with Gasteiger partial charge in [-0.3, -0.25) is 4.98 Å².